The van der Waals surface area contributed by atoms with E-state index in [4.69, 9.17) is 10.5 Å². The van der Waals surface area contributed by atoms with E-state index in [1.54, 1.807) is 31.3 Å². The van der Waals surface area contributed by atoms with Crippen molar-refractivity contribution < 1.29 is 9.53 Å². The highest BCUT2D eigenvalue weighted by Gasteiger charge is 2.35. The van der Waals surface area contributed by atoms with Crippen LogP contribution in [-0.4, -0.2) is 10.9 Å². The number of nitriles is 1. The molecule has 1 aliphatic heterocycles. The van der Waals surface area contributed by atoms with Gasteiger partial charge in [0.2, 0.25) is 5.88 Å². The number of rotatable bonds is 3. The van der Waals surface area contributed by atoms with E-state index in [1.807, 2.05) is 24.3 Å². The first kappa shape index (κ1) is 15.4. The van der Waals surface area contributed by atoms with E-state index >= 15 is 0 Å². The molecule has 1 aliphatic rings. The van der Waals surface area contributed by atoms with Crippen molar-refractivity contribution in [2.45, 2.75) is 12.8 Å². The van der Waals surface area contributed by atoms with Gasteiger partial charge >= 0.3 is 0 Å². The molecule has 6 nitrogen and oxygen atoms in total. The number of ether oxygens (including phenoxy) is 1. The molecular formula is C18H16N4O2. The summed E-state index contributed by atoms with van der Waals surface area (Å²) in [7, 11) is 0. The monoisotopic (exact) mass is 320 g/mol. The summed E-state index contributed by atoms with van der Waals surface area (Å²) in [6.07, 6.45) is 1.73. The Morgan fingerprint density at radius 2 is 2.04 bits per heavy atom. The molecule has 4 N–H and O–H groups in total. The zero-order valence-corrected chi connectivity index (χ0v) is 13.0. The average molecular weight is 320 g/mol. The molecule has 1 atom stereocenters. The van der Waals surface area contributed by atoms with Gasteiger partial charge < -0.3 is 20.8 Å². The second-order valence-corrected chi connectivity index (χ2v) is 5.34. The third-order valence-electron chi connectivity index (χ3n) is 3.81. The topological polar surface area (TPSA) is 104 Å². The van der Waals surface area contributed by atoms with Gasteiger partial charge in [0.05, 0.1) is 11.5 Å². The van der Waals surface area contributed by atoms with E-state index in [2.05, 4.69) is 16.4 Å². The van der Waals surface area contributed by atoms with Crippen molar-refractivity contribution in [1.29, 1.82) is 5.26 Å². The van der Waals surface area contributed by atoms with Crippen LogP contribution in [0.15, 0.2) is 71.4 Å². The second kappa shape index (κ2) is 6.34. The number of H-pyrrole nitrogens is 1. The van der Waals surface area contributed by atoms with Gasteiger partial charge in [-0.1, -0.05) is 18.2 Å². The summed E-state index contributed by atoms with van der Waals surface area (Å²) in [6, 6.07) is 14.8. The summed E-state index contributed by atoms with van der Waals surface area (Å²) in [6.45, 7) is 1.66. The van der Waals surface area contributed by atoms with Gasteiger partial charge in [0.1, 0.15) is 17.4 Å². The first-order chi connectivity index (χ1) is 11.6. The molecule has 6 heteroatoms. The molecule has 0 saturated carbocycles. The summed E-state index contributed by atoms with van der Waals surface area (Å²) in [5, 5.41) is 12.3. The molecule has 120 valence electrons. The first-order valence-corrected chi connectivity index (χ1v) is 7.40. The van der Waals surface area contributed by atoms with Crippen LogP contribution >= 0.6 is 0 Å². The van der Waals surface area contributed by atoms with E-state index in [0.717, 1.165) is 0 Å². The van der Waals surface area contributed by atoms with Crippen molar-refractivity contribution >= 4 is 11.6 Å². The molecule has 24 heavy (non-hydrogen) atoms. The molecule has 1 amide bonds. The van der Waals surface area contributed by atoms with Gasteiger partial charge in [0, 0.05) is 17.6 Å². The number of amides is 1. The number of hydrogen-bond acceptors (Lipinski definition) is 4. The second-order valence-electron chi connectivity index (χ2n) is 5.34. The number of hydrogen-bond donors (Lipinski definition) is 3. The number of carbonyl (C=O) groups is 1. The van der Waals surface area contributed by atoms with Crippen molar-refractivity contribution in [1.82, 2.24) is 4.98 Å². The molecule has 0 radical (unpaired) electrons. The van der Waals surface area contributed by atoms with Crippen molar-refractivity contribution in [3.8, 4) is 6.07 Å². The lowest BCUT2D eigenvalue weighted by atomic mass is 9.86. The fourth-order valence-corrected chi connectivity index (χ4v) is 2.73. The lowest BCUT2D eigenvalue weighted by Crippen LogP contribution is -2.28. The molecule has 0 saturated heterocycles. The third kappa shape index (κ3) is 2.75. The molecule has 3 rings (SSSR count). The standard InChI is InChI=1S/C18H16N4O2/c1-11-15(18(23)22-12-6-3-2-4-7-12)16(14-8-5-9-21-14)13(10-19)17(20)24-11/h2-9,16,21H,20H2,1H3,(H,22,23)/t16-/m0/s1. The molecule has 0 fully saturated rings. The van der Waals surface area contributed by atoms with Gasteiger partial charge in [-0.25, -0.2) is 0 Å². The minimum atomic E-state index is -0.595. The number of benzene rings is 1. The SMILES string of the molecule is CC1=C(C(=O)Nc2ccccc2)[C@H](c2ccc[nH]2)C(C#N)=C(N)O1. The summed E-state index contributed by atoms with van der Waals surface area (Å²) in [5.74, 6) is -0.536. The Balaban J connectivity index is 2.02. The average Bonchev–Trinajstić information content (AvgIpc) is 3.09. The molecule has 1 aromatic heterocycles. The fourth-order valence-electron chi connectivity index (χ4n) is 2.73. The van der Waals surface area contributed by atoms with Gasteiger partial charge in [-0.2, -0.15) is 5.26 Å². The van der Waals surface area contributed by atoms with Crippen molar-refractivity contribution in [2.24, 2.45) is 5.73 Å². The predicted octanol–water partition coefficient (Wildman–Crippen LogP) is 2.74. The van der Waals surface area contributed by atoms with Crippen LogP contribution < -0.4 is 11.1 Å². The van der Waals surface area contributed by atoms with E-state index in [1.165, 1.54) is 0 Å². The van der Waals surface area contributed by atoms with E-state index in [0.29, 0.717) is 22.7 Å². The predicted molar refractivity (Wildman–Crippen MR) is 89.2 cm³/mol. The van der Waals surface area contributed by atoms with Crippen LogP contribution in [0.1, 0.15) is 18.5 Å². The van der Waals surface area contributed by atoms with Crippen LogP contribution in [0, 0.1) is 11.3 Å². The zero-order valence-electron chi connectivity index (χ0n) is 13.0. The van der Waals surface area contributed by atoms with Crippen LogP contribution in [0.5, 0.6) is 0 Å². The molecule has 2 heterocycles. The minimum absolute atomic E-state index is 0.0193. The maximum atomic E-state index is 12.8. The Morgan fingerprint density at radius 3 is 2.67 bits per heavy atom. The molecule has 0 aliphatic carbocycles. The van der Waals surface area contributed by atoms with E-state index < -0.39 is 5.92 Å². The highest BCUT2D eigenvalue weighted by Crippen LogP contribution is 2.38. The van der Waals surface area contributed by atoms with Crippen LogP contribution in [0.4, 0.5) is 5.69 Å². The minimum Gasteiger partial charge on any atom is -0.445 e. The highest BCUT2D eigenvalue weighted by atomic mass is 16.5. The third-order valence-corrected chi connectivity index (χ3v) is 3.81. The molecule has 2 aromatic rings. The lowest BCUT2D eigenvalue weighted by Gasteiger charge is -2.26. The number of para-hydroxylation sites is 1. The maximum absolute atomic E-state index is 12.8. The van der Waals surface area contributed by atoms with Crippen molar-refractivity contribution in [3.05, 3.63) is 77.1 Å². The molecular weight excluding hydrogens is 304 g/mol. The molecule has 0 unspecified atom stereocenters. The Labute approximate surface area is 139 Å². The number of nitrogens with zero attached hydrogens (tertiary/aromatic N) is 1. The summed E-state index contributed by atoms with van der Waals surface area (Å²) in [5.41, 5.74) is 7.77. The number of carbonyl (C=O) groups excluding carboxylic acids is 1. The number of nitrogens with two attached hydrogens (primary N) is 1. The number of nitrogens with one attached hydrogen (secondary N) is 2. The van der Waals surface area contributed by atoms with E-state index in [9.17, 15) is 10.1 Å². The van der Waals surface area contributed by atoms with Crippen molar-refractivity contribution in [2.75, 3.05) is 5.32 Å². The van der Waals surface area contributed by atoms with E-state index in [-0.39, 0.29) is 17.4 Å². The van der Waals surface area contributed by atoms with Gasteiger partial charge in [0.15, 0.2) is 0 Å². The number of allylic oxidation sites excluding steroid dienone is 2. The molecule has 1 aromatic carbocycles. The van der Waals surface area contributed by atoms with Gasteiger partial charge in [-0.15, -0.1) is 0 Å². The number of anilines is 1. The Bertz CT molecular complexity index is 858. The number of aromatic amines is 1. The Morgan fingerprint density at radius 1 is 1.29 bits per heavy atom. The maximum Gasteiger partial charge on any atom is 0.256 e. The lowest BCUT2D eigenvalue weighted by molar-refractivity contribution is -0.113. The fraction of sp³-hybridized carbons (Fsp3) is 0.111. The molecule has 0 spiro atoms. The van der Waals surface area contributed by atoms with Gasteiger partial charge in [-0.05, 0) is 31.2 Å². The quantitative estimate of drug-likeness (QED) is 0.808. The smallest absolute Gasteiger partial charge is 0.256 e. The first-order valence-electron chi connectivity index (χ1n) is 7.40. The Kier molecular flexibility index (Phi) is 4.08. The van der Waals surface area contributed by atoms with Crippen LogP contribution in [0.25, 0.3) is 0 Å². The molecule has 0 bridgehead atoms. The Hall–Kier alpha value is -3.46. The van der Waals surface area contributed by atoms with Gasteiger partial charge in [0.25, 0.3) is 5.91 Å². The normalized spacial score (nSPS) is 17.2. The van der Waals surface area contributed by atoms with Crippen molar-refractivity contribution in [3.63, 3.8) is 0 Å². The van der Waals surface area contributed by atoms with Crippen LogP contribution in [0.3, 0.4) is 0 Å². The number of aromatic nitrogens is 1. The zero-order chi connectivity index (χ0) is 17.1. The van der Waals surface area contributed by atoms with Crippen LogP contribution in [-0.2, 0) is 9.53 Å². The largest absolute Gasteiger partial charge is 0.445 e. The van der Waals surface area contributed by atoms with Crippen LogP contribution in [0.2, 0.25) is 0 Å². The summed E-state index contributed by atoms with van der Waals surface area (Å²) >= 11 is 0. The summed E-state index contributed by atoms with van der Waals surface area (Å²) in [4.78, 5) is 15.9. The highest BCUT2D eigenvalue weighted by molar-refractivity contribution is 6.06. The summed E-state index contributed by atoms with van der Waals surface area (Å²) < 4.78 is 5.43. The van der Waals surface area contributed by atoms with Gasteiger partial charge in [-0.3, -0.25) is 4.79 Å².